The average molecular weight is 202 g/mol. The lowest BCUT2D eigenvalue weighted by atomic mass is 10.00. The number of hydrogen-bond acceptors (Lipinski definition) is 3. The van der Waals surface area contributed by atoms with Crippen molar-refractivity contribution in [2.75, 3.05) is 6.61 Å². The Hall–Kier alpha value is -0.120. The van der Waals surface area contributed by atoms with E-state index in [1.54, 1.807) is 0 Å². The molecule has 0 aromatic rings. The Balaban J connectivity index is 3.80. The summed E-state index contributed by atoms with van der Waals surface area (Å²) in [6, 6.07) is 0.268. The van der Waals surface area contributed by atoms with Gasteiger partial charge in [0.2, 0.25) is 0 Å². The van der Waals surface area contributed by atoms with Gasteiger partial charge in [-0.25, -0.2) is 0 Å². The standard InChI is InChI=1S/C11H26N2O/c1-6-9(2)7-10(13-12)8-14-11(3,4)5/h9-10,13H,6-8,12H2,1-5H3. The number of ether oxygens (including phenoxy) is 1. The maximum Gasteiger partial charge on any atom is 0.0640 e. The van der Waals surface area contributed by atoms with E-state index in [-0.39, 0.29) is 11.6 Å². The van der Waals surface area contributed by atoms with Crippen molar-refractivity contribution in [3.8, 4) is 0 Å². The highest BCUT2D eigenvalue weighted by Gasteiger charge is 2.16. The molecular formula is C11H26N2O. The average Bonchev–Trinajstić information content (AvgIpc) is 2.10. The topological polar surface area (TPSA) is 47.3 Å². The van der Waals surface area contributed by atoms with Crippen LogP contribution < -0.4 is 11.3 Å². The van der Waals surface area contributed by atoms with Gasteiger partial charge in [-0.3, -0.25) is 11.3 Å². The predicted octanol–water partition coefficient (Wildman–Crippen LogP) is 2.07. The number of nitrogens with two attached hydrogens (primary N) is 1. The van der Waals surface area contributed by atoms with Crippen molar-refractivity contribution < 1.29 is 4.74 Å². The molecule has 0 aliphatic heterocycles. The lowest BCUT2D eigenvalue weighted by Gasteiger charge is -2.25. The van der Waals surface area contributed by atoms with Crippen molar-refractivity contribution in [2.45, 2.75) is 59.1 Å². The van der Waals surface area contributed by atoms with Crippen molar-refractivity contribution >= 4 is 0 Å². The molecular weight excluding hydrogens is 176 g/mol. The minimum atomic E-state index is -0.0788. The Labute approximate surface area is 88.4 Å². The van der Waals surface area contributed by atoms with Crippen molar-refractivity contribution in [1.82, 2.24) is 5.43 Å². The van der Waals surface area contributed by atoms with E-state index in [9.17, 15) is 0 Å². The number of rotatable bonds is 6. The molecule has 3 N–H and O–H groups in total. The highest BCUT2D eigenvalue weighted by molar-refractivity contribution is 4.69. The number of hydrogen-bond donors (Lipinski definition) is 2. The molecule has 0 aliphatic rings. The molecule has 0 aromatic carbocycles. The Bertz CT molecular complexity index is 143. The van der Waals surface area contributed by atoms with E-state index in [1.807, 2.05) is 0 Å². The van der Waals surface area contributed by atoms with Gasteiger partial charge in [-0.05, 0) is 33.1 Å². The molecule has 14 heavy (non-hydrogen) atoms. The minimum Gasteiger partial charge on any atom is -0.374 e. The van der Waals surface area contributed by atoms with Crippen molar-refractivity contribution in [2.24, 2.45) is 11.8 Å². The zero-order valence-electron chi connectivity index (χ0n) is 10.3. The van der Waals surface area contributed by atoms with Crippen LogP contribution in [0, 0.1) is 5.92 Å². The second kappa shape index (κ2) is 6.38. The van der Waals surface area contributed by atoms with Crippen LogP contribution in [0.5, 0.6) is 0 Å². The fourth-order valence-electron chi connectivity index (χ4n) is 1.19. The van der Waals surface area contributed by atoms with Gasteiger partial charge in [0.1, 0.15) is 0 Å². The van der Waals surface area contributed by atoms with Crippen LogP contribution in [-0.2, 0) is 4.74 Å². The summed E-state index contributed by atoms with van der Waals surface area (Å²) in [4.78, 5) is 0. The molecule has 0 fully saturated rings. The first kappa shape index (κ1) is 13.9. The van der Waals surface area contributed by atoms with Gasteiger partial charge in [0, 0.05) is 6.04 Å². The van der Waals surface area contributed by atoms with E-state index in [1.165, 1.54) is 6.42 Å². The first-order valence-corrected chi connectivity index (χ1v) is 5.49. The summed E-state index contributed by atoms with van der Waals surface area (Å²) in [7, 11) is 0. The summed E-state index contributed by atoms with van der Waals surface area (Å²) < 4.78 is 5.69. The predicted molar refractivity (Wildman–Crippen MR) is 60.9 cm³/mol. The van der Waals surface area contributed by atoms with E-state index in [0.717, 1.165) is 6.42 Å². The van der Waals surface area contributed by atoms with Crippen LogP contribution >= 0.6 is 0 Å². The zero-order chi connectivity index (χ0) is 11.2. The Kier molecular flexibility index (Phi) is 6.33. The molecule has 0 amide bonds. The van der Waals surface area contributed by atoms with Gasteiger partial charge in [0.15, 0.2) is 0 Å². The van der Waals surface area contributed by atoms with Crippen LogP contribution in [0.1, 0.15) is 47.5 Å². The lowest BCUT2D eigenvalue weighted by Crippen LogP contribution is -2.41. The third kappa shape index (κ3) is 7.30. The zero-order valence-corrected chi connectivity index (χ0v) is 10.3. The van der Waals surface area contributed by atoms with Gasteiger partial charge in [0.25, 0.3) is 0 Å². The van der Waals surface area contributed by atoms with E-state index in [2.05, 4.69) is 40.0 Å². The lowest BCUT2D eigenvalue weighted by molar-refractivity contribution is -0.0171. The molecule has 0 radical (unpaired) electrons. The molecule has 3 nitrogen and oxygen atoms in total. The Morgan fingerprint density at radius 1 is 1.36 bits per heavy atom. The number of nitrogens with one attached hydrogen (secondary N) is 1. The normalized spacial score (nSPS) is 16.7. The molecule has 0 heterocycles. The smallest absolute Gasteiger partial charge is 0.0640 e. The fourth-order valence-corrected chi connectivity index (χ4v) is 1.19. The minimum absolute atomic E-state index is 0.0788. The summed E-state index contributed by atoms with van der Waals surface area (Å²) in [6.07, 6.45) is 2.26. The Morgan fingerprint density at radius 2 is 1.93 bits per heavy atom. The quantitative estimate of drug-likeness (QED) is 0.512. The second-order valence-corrected chi connectivity index (χ2v) is 5.04. The fraction of sp³-hybridized carbons (Fsp3) is 1.00. The molecule has 0 aromatic heterocycles. The van der Waals surface area contributed by atoms with E-state index >= 15 is 0 Å². The summed E-state index contributed by atoms with van der Waals surface area (Å²) >= 11 is 0. The highest BCUT2D eigenvalue weighted by Crippen LogP contribution is 2.12. The first-order chi connectivity index (χ1) is 6.39. The molecule has 0 saturated carbocycles. The molecule has 0 aliphatic carbocycles. The monoisotopic (exact) mass is 202 g/mol. The van der Waals surface area contributed by atoms with Crippen LogP contribution in [0.15, 0.2) is 0 Å². The molecule has 86 valence electrons. The second-order valence-electron chi connectivity index (χ2n) is 5.04. The van der Waals surface area contributed by atoms with E-state index in [0.29, 0.717) is 12.5 Å². The molecule has 0 saturated heterocycles. The van der Waals surface area contributed by atoms with Gasteiger partial charge < -0.3 is 4.74 Å². The van der Waals surface area contributed by atoms with Gasteiger partial charge in [-0.1, -0.05) is 20.3 Å². The van der Waals surface area contributed by atoms with Gasteiger partial charge in [-0.15, -0.1) is 0 Å². The van der Waals surface area contributed by atoms with Gasteiger partial charge in [-0.2, -0.15) is 0 Å². The van der Waals surface area contributed by atoms with Gasteiger partial charge >= 0.3 is 0 Å². The Morgan fingerprint density at radius 3 is 2.29 bits per heavy atom. The van der Waals surface area contributed by atoms with Crippen molar-refractivity contribution in [3.05, 3.63) is 0 Å². The van der Waals surface area contributed by atoms with Gasteiger partial charge in [0.05, 0.1) is 12.2 Å². The first-order valence-electron chi connectivity index (χ1n) is 5.49. The third-order valence-electron chi connectivity index (χ3n) is 2.34. The molecule has 3 heteroatoms. The summed E-state index contributed by atoms with van der Waals surface area (Å²) in [5, 5.41) is 0. The maximum atomic E-state index is 5.69. The summed E-state index contributed by atoms with van der Waals surface area (Å²) in [5.41, 5.74) is 2.74. The van der Waals surface area contributed by atoms with Crippen molar-refractivity contribution in [3.63, 3.8) is 0 Å². The highest BCUT2D eigenvalue weighted by atomic mass is 16.5. The van der Waals surface area contributed by atoms with Crippen LogP contribution in [0.3, 0.4) is 0 Å². The molecule has 0 rings (SSSR count). The largest absolute Gasteiger partial charge is 0.374 e. The third-order valence-corrected chi connectivity index (χ3v) is 2.34. The maximum absolute atomic E-state index is 5.69. The van der Waals surface area contributed by atoms with Crippen LogP contribution in [0.4, 0.5) is 0 Å². The molecule has 2 atom stereocenters. The molecule has 0 spiro atoms. The van der Waals surface area contributed by atoms with Crippen LogP contribution in [-0.4, -0.2) is 18.2 Å². The van der Waals surface area contributed by atoms with Crippen LogP contribution in [0.25, 0.3) is 0 Å². The van der Waals surface area contributed by atoms with Crippen molar-refractivity contribution in [1.29, 1.82) is 0 Å². The van der Waals surface area contributed by atoms with E-state index < -0.39 is 0 Å². The summed E-state index contributed by atoms with van der Waals surface area (Å²) in [5.74, 6) is 6.17. The SMILES string of the molecule is CCC(C)CC(COC(C)(C)C)NN. The molecule has 0 bridgehead atoms. The van der Waals surface area contributed by atoms with Crippen LogP contribution in [0.2, 0.25) is 0 Å². The summed E-state index contributed by atoms with van der Waals surface area (Å²) in [6.45, 7) is 11.3. The molecule has 2 unspecified atom stereocenters. The van der Waals surface area contributed by atoms with E-state index in [4.69, 9.17) is 10.6 Å². The number of hydrazine groups is 1.